The number of amides is 1. The van der Waals surface area contributed by atoms with Crippen LogP contribution in [0.5, 0.6) is 11.5 Å². The minimum Gasteiger partial charge on any atom is -0.497 e. The Bertz CT molecular complexity index is 567. The van der Waals surface area contributed by atoms with E-state index in [9.17, 15) is 4.79 Å². The Morgan fingerprint density at radius 3 is 2.36 bits per heavy atom. The van der Waals surface area contributed by atoms with Crippen LogP contribution in [-0.4, -0.2) is 26.2 Å². The molecule has 0 saturated heterocycles. The van der Waals surface area contributed by atoms with E-state index >= 15 is 0 Å². The molecule has 0 bridgehead atoms. The van der Waals surface area contributed by atoms with Gasteiger partial charge in [0.2, 0.25) is 5.91 Å². The third-order valence-electron chi connectivity index (χ3n) is 3.24. The number of rotatable bonds is 8. The highest BCUT2D eigenvalue weighted by Gasteiger charge is 2.02. The first-order chi connectivity index (χ1) is 10.8. The van der Waals surface area contributed by atoms with Gasteiger partial charge in [-0.25, -0.2) is 0 Å². The van der Waals surface area contributed by atoms with E-state index in [0.717, 1.165) is 17.9 Å². The summed E-state index contributed by atoms with van der Waals surface area (Å²) in [6.07, 6.45) is 1.19. The molecule has 116 valence electrons. The van der Waals surface area contributed by atoms with Gasteiger partial charge < -0.3 is 14.8 Å². The van der Waals surface area contributed by atoms with Gasteiger partial charge in [0.15, 0.2) is 0 Å². The number of carbonyl (C=O) groups excluding carboxylic acids is 1. The molecule has 0 heterocycles. The van der Waals surface area contributed by atoms with Gasteiger partial charge in [-0.3, -0.25) is 4.79 Å². The van der Waals surface area contributed by atoms with Gasteiger partial charge >= 0.3 is 0 Å². The summed E-state index contributed by atoms with van der Waals surface area (Å²) in [5, 5.41) is 2.90. The fraction of sp³-hybridized carbons (Fsp3) is 0.278. The lowest BCUT2D eigenvalue weighted by molar-refractivity contribution is -0.121. The Labute approximate surface area is 131 Å². The lowest BCUT2D eigenvalue weighted by atomic mass is 10.1. The van der Waals surface area contributed by atoms with Crippen LogP contribution >= 0.6 is 0 Å². The molecule has 0 atom stereocenters. The molecule has 2 aromatic carbocycles. The summed E-state index contributed by atoms with van der Waals surface area (Å²) in [6, 6.07) is 17.4. The van der Waals surface area contributed by atoms with Gasteiger partial charge in [0, 0.05) is 6.54 Å². The highest BCUT2D eigenvalue weighted by Crippen LogP contribution is 2.16. The number of benzene rings is 2. The monoisotopic (exact) mass is 299 g/mol. The zero-order valence-electron chi connectivity index (χ0n) is 12.7. The maximum absolute atomic E-state index is 11.7. The van der Waals surface area contributed by atoms with Crippen LogP contribution in [-0.2, 0) is 11.2 Å². The van der Waals surface area contributed by atoms with Crippen LogP contribution in [0.1, 0.15) is 12.0 Å². The first-order valence-corrected chi connectivity index (χ1v) is 7.35. The van der Waals surface area contributed by atoms with Crippen molar-refractivity contribution in [3.63, 3.8) is 0 Å². The number of ether oxygens (including phenoxy) is 2. The molecule has 1 N–H and O–H groups in total. The molecule has 2 rings (SSSR count). The zero-order valence-corrected chi connectivity index (χ0v) is 12.7. The van der Waals surface area contributed by atoms with Gasteiger partial charge in [0.1, 0.15) is 11.5 Å². The van der Waals surface area contributed by atoms with Gasteiger partial charge in [-0.2, -0.15) is 0 Å². The Morgan fingerprint density at radius 2 is 1.68 bits per heavy atom. The summed E-state index contributed by atoms with van der Waals surface area (Å²) in [6.45, 7) is 1.01. The molecule has 0 aliphatic carbocycles. The van der Waals surface area contributed by atoms with E-state index in [-0.39, 0.29) is 5.91 Å². The summed E-state index contributed by atoms with van der Waals surface area (Å²) < 4.78 is 10.6. The highest BCUT2D eigenvalue weighted by molar-refractivity contribution is 5.75. The van der Waals surface area contributed by atoms with E-state index in [1.165, 1.54) is 5.56 Å². The van der Waals surface area contributed by atoms with Gasteiger partial charge in [-0.15, -0.1) is 0 Å². The van der Waals surface area contributed by atoms with E-state index in [0.29, 0.717) is 19.6 Å². The number of nitrogens with one attached hydrogen (secondary N) is 1. The Morgan fingerprint density at radius 1 is 1.00 bits per heavy atom. The minimum atomic E-state index is 0.00411. The third kappa shape index (κ3) is 5.48. The fourth-order valence-electron chi connectivity index (χ4n) is 2.01. The molecular weight excluding hydrogens is 278 g/mol. The molecule has 0 aromatic heterocycles. The number of hydrogen-bond donors (Lipinski definition) is 1. The average Bonchev–Trinajstić information content (AvgIpc) is 2.56. The van der Waals surface area contributed by atoms with Gasteiger partial charge in [0.05, 0.1) is 20.1 Å². The first kappa shape index (κ1) is 15.9. The maximum Gasteiger partial charge on any atom is 0.223 e. The van der Waals surface area contributed by atoms with Gasteiger partial charge in [-0.05, 0) is 36.2 Å². The summed E-state index contributed by atoms with van der Waals surface area (Å²) in [5.74, 6) is 1.52. The predicted molar refractivity (Wildman–Crippen MR) is 86.3 cm³/mol. The molecular formula is C18H21NO3. The number of carbonyl (C=O) groups is 1. The minimum absolute atomic E-state index is 0.00411. The normalized spacial score (nSPS) is 10.0. The van der Waals surface area contributed by atoms with Crippen molar-refractivity contribution in [2.45, 2.75) is 12.8 Å². The Balaban J connectivity index is 1.61. The standard InChI is InChI=1S/C18H21NO3/c1-21-16-7-9-17(10-8-16)22-14-12-18(20)19-13-11-15-5-3-2-4-6-15/h2-10H,11-14H2,1H3,(H,19,20). The van der Waals surface area contributed by atoms with Crippen molar-refractivity contribution in [2.75, 3.05) is 20.3 Å². The summed E-state index contributed by atoms with van der Waals surface area (Å²) >= 11 is 0. The molecule has 1 amide bonds. The van der Waals surface area contributed by atoms with Crippen LogP contribution in [0.3, 0.4) is 0 Å². The molecule has 0 unspecified atom stereocenters. The van der Waals surface area contributed by atoms with Crippen LogP contribution in [0.2, 0.25) is 0 Å². The first-order valence-electron chi connectivity index (χ1n) is 7.35. The molecule has 0 aliphatic heterocycles. The zero-order chi connectivity index (χ0) is 15.6. The topological polar surface area (TPSA) is 47.6 Å². The molecule has 0 fully saturated rings. The molecule has 22 heavy (non-hydrogen) atoms. The van der Waals surface area contributed by atoms with Crippen molar-refractivity contribution in [1.29, 1.82) is 0 Å². The van der Waals surface area contributed by atoms with Crippen molar-refractivity contribution in [1.82, 2.24) is 5.32 Å². The molecule has 0 spiro atoms. The van der Waals surface area contributed by atoms with Crippen molar-refractivity contribution in [3.8, 4) is 11.5 Å². The highest BCUT2D eigenvalue weighted by atomic mass is 16.5. The fourth-order valence-corrected chi connectivity index (χ4v) is 2.01. The summed E-state index contributed by atoms with van der Waals surface area (Å²) in [7, 11) is 1.62. The molecule has 4 nitrogen and oxygen atoms in total. The van der Waals surface area contributed by atoms with Crippen LogP contribution in [0.15, 0.2) is 54.6 Å². The SMILES string of the molecule is COc1ccc(OCCC(=O)NCCc2ccccc2)cc1. The van der Waals surface area contributed by atoms with E-state index in [1.54, 1.807) is 7.11 Å². The lowest BCUT2D eigenvalue weighted by Gasteiger charge is -2.08. The van der Waals surface area contributed by atoms with Crippen molar-refractivity contribution in [3.05, 3.63) is 60.2 Å². The van der Waals surface area contributed by atoms with E-state index < -0.39 is 0 Å². The summed E-state index contributed by atoms with van der Waals surface area (Å²) in [5.41, 5.74) is 1.22. The molecule has 4 heteroatoms. The second-order valence-electron chi connectivity index (χ2n) is 4.86. The smallest absolute Gasteiger partial charge is 0.223 e. The second-order valence-corrected chi connectivity index (χ2v) is 4.86. The van der Waals surface area contributed by atoms with Crippen molar-refractivity contribution in [2.24, 2.45) is 0 Å². The van der Waals surface area contributed by atoms with Crippen molar-refractivity contribution >= 4 is 5.91 Å². The maximum atomic E-state index is 11.7. The van der Waals surface area contributed by atoms with Crippen LogP contribution in [0, 0.1) is 0 Å². The van der Waals surface area contributed by atoms with Crippen molar-refractivity contribution < 1.29 is 14.3 Å². The van der Waals surface area contributed by atoms with Gasteiger partial charge in [0.25, 0.3) is 0 Å². The third-order valence-corrected chi connectivity index (χ3v) is 3.24. The van der Waals surface area contributed by atoms with Crippen LogP contribution in [0.25, 0.3) is 0 Å². The van der Waals surface area contributed by atoms with E-state index in [2.05, 4.69) is 17.4 Å². The van der Waals surface area contributed by atoms with E-state index in [4.69, 9.17) is 9.47 Å². The van der Waals surface area contributed by atoms with Crippen LogP contribution in [0.4, 0.5) is 0 Å². The predicted octanol–water partition coefficient (Wildman–Crippen LogP) is 2.82. The molecule has 0 aliphatic rings. The molecule has 0 radical (unpaired) electrons. The molecule has 2 aromatic rings. The lowest BCUT2D eigenvalue weighted by Crippen LogP contribution is -2.27. The van der Waals surface area contributed by atoms with E-state index in [1.807, 2.05) is 42.5 Å². The largest absolute Gasteiger partial charge is 0.497 e. The summed E-state index contributed by atoms with van der Waals surface area (Å²) in [4.78, 5) is 11.7. The number of methoxy groups -OCH3 is 1. The molecule has 0 saturated carbocycles. The number of hydrogen-bond acceptors (Lipinski definition) is 3. The van der Waals surface area contributed by atoms with Gasteiger partial charge in [-0.1, -0.05) is 30.3 Å². The second kappa shape index (κ2) is 8.72. The quantitative estimate of drug-likeness (QED) is 0.815. The Hall–Kier alpha value is -2.49. The Kier molecular flexibility index (Phi) is 6.30. The van der Waals surface area contributed by atoms with Crippen LogP contribution < -0.4 is 14.8 Å². The average molecular weight is 299 g/mol.